The van der Waals surface area contributed by atoms with Crippen molar-refractivity contribution in [2.75, 3.05) is 7.05 Å². The lowest BCUT2D eigenvalue weighted by molar-refractivity contribution is 0.616. The summed E-state index contributed by atoms with van der Waals surface area (Å²) in [5.41, 5.74) is 2.98. The van der Waals surface area contributed by atoms with Crippen LogP contribution in [0.15, 0.2) is 39.5 Å². The summed E-state index contributed by atoms with van der Waals surface area (Å²) in [5, 5.41) is 4.22. The number of fused-ring (bicyclic) bond motifs is 1. The van der Waals surface area contributed by atoms with E-state index in [0.717, 1.165) is 39.2 Å². The number of para-hydroxylation sites is 1. The highest BCUT2D eigenvalue weighted by molar-refractivity contribution is 9.10. The maximum Gasteiger partial charge on any atom is 0.134 e. The van der Waals surface area contributed by atoms with Gasteiger partial charge >= 0.3 is 0 Å². The van der Waals surface area contributed by atoms with Gasteiger partial charge in [-0.3, -0.25) is 0 Å². The number of hydrogen-bond donors (Lipinski definition) is 1. The maximum absolute atomic E-state index is 5.61. The number of aromatic nitrogens is 2. The Morgan fingerprint density at radius 3 is 2.95 bits per heavy atom. The van der Waals surface area contributed by atoms with E-state index in [1.165, 1.54) is 0 Å². The van der Waals surface area contributed by atoms with E-state index < -0.39 is 0 Å². The molecule has 1 aromatic carbocycles. The van der Waals surface area contributed by atoms with Crippen molar-refractivity contribution in [3.63, 3.8) is 0 Å². The average Bonchev–Trinajstić information content (AvgIpc) is 2.93. The van der Waals surface area contributed by atoms with Crippen LogP contribution in [0.2, 0.25) is 0 Å². The van der Waals surface area contributed by atoms with Gasteiger partial charge in [-0.2, -0.15) is 0 Å². The van der Waals surface area contributed by atoms with Gasteiger partial charge < -0.3 is 14.3 Å². The molecule has 2 aromatic heterocycles. The zero-order chi connectivity index (χ0) is 13.4. The second-order valence-corrected chi connectivity index (χ2v) is 5.15. The minimum absolute atomic E-state index is 0.727. The number of imidazole rings is 1. The van der Waals surface area contributed by atoms with Crippen molar-refractivity contribution in [2.45, 2.75) is 6.54 Å². The molecule has 4 nitrogen and oxygen atoms in total. The smallest absolute Gasteiger partial charge is 0.134 e. The monoisotopic (exact) mass is 319 g/mol. The topological polar surface area (TPSA) is 43.0 Å². The molecule has 0 aliphatic carbocycles. The van der Waals surface area contributed by atoms with Crippen LogP contribution in [-0.2, 0) is 13.6 Å². The van der Waals surface area contributed by atoms with Gasteiger partial charge in [0.1, 0.15) is 22.3 Å². The molecule has 0 spiro atoms. The highest BCUT2D eigenvalue weighted by atomic mass is 79.9. The summed E-state index contributed by atoms with van der Waals surface area (Å²) < 4.78 is 8.53. The van der Waals surface area contributed by atoms with E-state index in [1.54, 1.807) is 6.26 Å². The lowest BCUT2D eigenvalue weighted by Crippen LogP contribution is -2.10. The average molecular weight is 320 g/mol. The van der Waals surface area contributed by atoms with Crippen LogP contribution in [-0.4, -0.2) is 16.6 Å². The number of rotatable bonds is 3. The van der Waals surface area contributed by atoms with Crippen molar-refractivity contribution in [2.24, 2.45) is 7.05 Å². The lowest BCUT2D eigenvalue weighted by Gasteiger charge is -2.04. The van der Waals surface area contributed by atoms with E-state index in [0.29, 0.717) is 0 Å². The van der Waals surface area contributed by atoms with Gasteiger partial charge in [0.2, 0.25) is 0 Å². The molecule has 0 aliphatic rings. The van der Waals surface area contributed by atoms with Crippen molar-refractivity contribution < 1.29 is 4.42 Å². The molecule has 98 valence electrons. The van der Waals surface area contributed by atoms with Crippen molar-refractivity contribution in [1.29, 1.82) is 0 Å². The molecular formula is C14H14BrN3O. The third-order valence-corrected chi connectivity index (χ3v) is 3.77. The van der Waals surface area contributed by atoms with Crippen LogP contribution in [0.1, 0.15) is 5.82 Å². The first kappa shape index (κ1) is 12.4. The van der Waals surface area contributed by atoms with Gasteiger partial charge in [-0.25, -0.2) is 4.98 Å². The van der Waals surface area contributed by atoms with Crippen LogP contribution in [0.4, 0.5) is 0 Å². The molecule has 0 saturated heterocycles. The van der Waals surface area contributed by atoms with E-state index in [1.807, 2.05) is 32.3 Å². The van der Waals surface area contributed by atoms with Crippen LogP contribution in [0, 0.1) is 0 Å². The van der Waals surface area contributed by atoms with Gasteiger partial charge in [-0.1, -0.05) is 18.2 Å². The number of halogens is 1. The molecule has 3 aromatic rings. The summed E-state index contributed by atoms with van der Waals surface area (Å²) in [6, 6.07) is 8.02. The van der Waals surface area contributed by atoms with Crippen molar-refractivity contribution in [3.05, 3.63) is 41.0 Å². The first-order valence-electron chi connectivity index (χ1n) is 6.04. The molecule has 2 heterocycles. The van der Waals surface area contributed by atoms with Crippen LogP contribution in [0.3, 0.4) is 0 Å². The molecule has 0 unspecified atom stereocenters. The van der Waals surface area contributed by atoms with Crippen molar-refractivity contribution >= 4 is 26.9 Å². The van der Waals surface area contributed by atoms with Crippen LogP contribution >= 0.6 is 15.9 Å². The van der Waals surface area contributed by atoms with Gasteiger partial charge in [-0.15, -0.1) is 0 Å². The van der Waals surface area contributed by atoms with Gasteiger partial charge in [0.15, 0.2) is 0 Å². The third-order valence-electron chi connectivity index (χ3n) is 3.22. The molecule has 0 atom stereocenters. The SMILES string of the molecule is CNCc1nc(Br)c(-c2coc3ccccc23)n1C. The molecule has 0 amide bonds. The molecule has 0 fully saturated rings. The van der Waals surface area contributed by atoms with E-state index in [4.69, 9.17) is 4.42 Å². The zero-order valence-electron chi connectivity index (χ0n) is 10.8. The van der Waals surface area contributed by atoms with E-state index in [-0.39, 0.29) is 0 Å². The van der Waals surface area contributed by atoms with E-state index in [2.05, 4.69) is 36.9 Å². The molecule has 0 aliphatic heterocycles. The minimum atomic E-state index is 0.727. The highest BCUT2D eigenvalue weighted by Crippen LogP contribution is 2.35. The quantitative estimate of drug-likeness (QED) is 0.805. The lowest BCUT2D eigenvalue weighted by atomic mass is 10.1. The van der Waals surface area contributed by atoms with Crippen LogP contribution < -0.4 is 5.32 Å². The van der Waals surface area contributed by atoms with Gasteiger partial charge in [0, 0.05) is 18.0 Å². The van der Waals surface area contributed by atoms with Gasteiger partial charge in [-0.05, 0) is 29.0 Å². The van der Waals surface area contributed by atoms with E-state index in [9.17, 15) is 0 Å². The molecule has 0 radical (unpaired) electrons. The molecule has 1 N–H and O–H groups in total. The largest absolute Gasteiger partial charge is 0.464 e. The molecule has 0 saturated carbocycles. The first-order valence-corrected chi connectivity index (χ1v) is 6.84. The normalized spacial score (nSPS) is 11.3. The van der Waals surface area contributed by atoms with Crippen molar-refractivity contribution in [1.82, 2.24) is 14.9 Å². The molecule has 19 heavy (non-hydrogen) atoms. The second kappa shape index (κ2) is 4.83. The summed E-state index contributed by atoms with van der Waals surface area (Å²) in [6.07, 6.45) is 1.79. The first-order chi connectivity index (χ1) is 9.22. The Balaban J connectivity index is 2.21. The molecule has 0 bridgehead atoms. The number of nitrogens with one attached hydrogen (secondary N) is 1. The summed E-state index contributed by atoms with van der Waals surface area (Å²) in [6.45, 7) is 0.727. The highest BCUT2D eigenvalue weighted by Gasteiger charge is 2.17. The number of furan rings is 1. The summed E-state index contributed by atoms with van der Waals surface area (Å²) in [5.74, 6) is 0.981. The predicted molar refractivity (Wildman–Crippen MR) is 78.9 cm³/mol. The fourth-order valence-electron chi connectivity index (χ4n) is 2.28. The Bertz CT molecular complexity index is 729. The van der Waals surface area contributed by atoms with Gasteiger partial charge in [0.25, 0.3) is 0 Å². The standard InChI is InChI=1S/C14H14BrN3O/c1-16-7-12-17-14(15)13(18(12)2)10-8-19-11-6-4-3-5-9(10)11/h3-6,8,16H,7H2,1-2H3. The number of benzene rings is 1. The van der Waals surface area contributed by atoms with E-state index >= 15 is 0 Å². The second-order valence-electron chi connectivity index (χ2n) is 4.40. The van der Waals surface area contributed by atoms with Crippen LogP contribution in [0.5, 0.6) is 0 Å². The Morgan fingerprint density at radius 2 is 2.16 bits per heavy atom. The number of hydrogen-bond acceptors (Lipinski definition) is 3. The Kier molecular flexibility index (Phi) is 3.16. The summed E-state index contributed by atoms with van der Waals surface area (Å²) in [4.78, 5) is 4.54. The number of nitrogens with zero attached hydrogens (tertiary/aromatic N) is 2. The Morgan fingerprint density at radius 1 is 1.37 bits per heavy atom. The van der Waals surface area contributed by atoms with Crippen LogP contribution in [0.25, 0.3) is 22.2 Å². The fourth-order valence-corrected chi connectivity index (χ4v) is 2.96. The molecule has 3 rings (SSSR count). The van der Waals surface area contributed by atoms with Crippen molar-refractivity contribution in [3.8, 4) is 11.3 Å². The fraction of sp³-hybridized carbons (Fsp3) is 0.214. The zero-order valence-corrected chi connectivity index (χ0v) is 12.4. The molecular weight excluding hydrogens is 306 g/mol. The Hall–Kier alpha value is -1.59. The summed E-state index contributed by atoms with van der Waals surface area (Å²) in [7, 11) is 3.93. The minimum Gasteiger partial charge on any atom is -0.464 e. The predicted octanol–water partition coefficient (Wildman–Crippen LogP) is 3.32. The molecule has 5 heteroatoms. The summed E-state index contributed by atoms with van der Waals surface area (Å²) >= 11 is 3.54. The maximum atomic E-state index is 5.61. The third kappa shape index (κ3) is 1.99. The Labute approximate surface area is 119 Å². The van der Waals surface area contributed by atoms with Gasteiger partial charge in [0.05, 0.1) is 12.2 Å².